The molecule has 3 aromatic carbocycles. The number of nitro benzene ring substituents is 1. The number of nitrogens with zero attached hydrogens (tertiary/aromatic N) is 3. The molecule has 0 amide bonds. The SMILES string of the molecule is O=[N+]([O-])c1ccccc1C1CC(c2ccccc2)=NN1c1ccc(Cl)cc1. The van der Waals surface area contributed by atoms with Crippen LogP contribution >= 0.6 is 11.6 Å². The van der Waals surface area contributed by atoms with E-state index >= 15 is 0 Å². The molecule has 0 saturated carbocycles. The van der Waals surface area contributed by atoms with E-state index in [2.05, 4.69) is 0 Å². The van der Waals surface area contributed by atoms with Crippen molar-refractivity contribution >= 4 is 28.7 Å². The molecule has 0 spiro atoms. The Balaban J connectivity index is 1.81. The second kappa shape index (κ2) is 7.21. The number of hydrazone groups is 1. The fourth-order valence-electron chi connectivity index (χ4n) is 3.33. The lowest BCUT2D eigenvalue weighted by atomic mass is 9.97. The predicted octanol–water partition coefficient (Wildman–Crippen LogP) is 5.60. The number of nitro groups is 1. The number of benzene rings is 3. The Labute approximate surface area is 161 Å². The third-order valence-electron chi connectivity index (χ3n) is 4.60. The molecule has 0 aromatic heterocycles. The average molecular weight is 378 g/mol. The molecule has 0 aliphatic carbocycles. The molecule has 0 N–H and O–H groups in total. The van der Waals surface area contributed by atoms with Gasteiger partial charge in [0.05, 0.1) is 27.9 Å². The Kier molecular flexibility index (Phi) is 4.60. The van der Waals surface area contributed by atoms with E-state index in [0.29, 0.717) is 17.0 Å². The van der Waals surface area contributed by atoms with Crippen molar-refractivity contribution in [2.24, 2.45) is 5.10 Å². The predicted molar refractivity (Wildman–Crippen MR) is 107 cm³/mol. The summed E-state index contributed by atoms with van der Waals surface area (Å²) in [6.07, 6.45) is 0.581. The van der Waals surface area contributed by atoms with Gasteiger partial charge in [-0.25, -0.2) is 0 Å². The maximum atomic E-state index is 11.5. The highest BCUT2D eigenvalue weighted by Crippen LogP contribution is 2.40. The van der Waals surface area contributed by atoms with Crippen LogP contribution in [-0.4, -0.2) is 10.6 Å². The van der Waals surface area contributed by atoms with Crippen molar-refractivity contribution in [3.63, 3.8) is 0 Å². The van der Waals surface area contributed by atoms with E-state index in [9.17, 15) is 10.1 Å². The van der Waals surface area contributed by atoms with E-state index in [0.717, 1.165) is 17.0 Å². The van der Waals surface area contributed by atoms with E-state index in [4.69, 9.17) is 16.7 Å². The zero-order chi connectivity index (χ0) is 18.8. The summed E-state index contributed by atoms with van der Waals surface area (Å²) in [6, 6.07) is 23.8. The highest BCUT2D eigenvalue weighted by molar-refractivity contribution is 6.30. The van der Waals surface area contributed by atoms with E-state index < -0.39 is 0 Å². The van der Waals surface area contributed by atoms with Gasteiger partial charge in [0.2, 0.25) is 0 Å². The monoisotopic (exact) mass is 377 g/mol. The van der Waals surface area contributed by atoms with E-state index in [1.54, 1.807) is 24.3 Å². The summed E-state index contributed by atoms with van der Waals surface area (Å²) in [5, 5.41) is 18.8. The smallest absolute Gasteiger partial charge is 0.258 e. The van der Waals surface area contributed by atoms with Crippen molar-refractivity contribution in [2.75, 3.05) is 5.01 Å². The van der Waals surface area contributed by atoms with E-state index in [-0.39, 0.29) is 16.7 Å². The fraction of sp³-hybridized carbons (Fsp3) is 0.0952. The first-order valence-electron chi connectivity index (χ1n) is 8.54. The lowest BCUT2D eigenvalue weighted by molar-refractivity contribution is -0.385. The molecule has 0 bridgehead atoms. The number of rotatable bonds is 4. The van der Waals surface area contributed by atoms with Gasteiger partial charge in [0.1, 0.15) is 0 Å². The summed E-state index contributed by atoms with van der Waals surface area (Å²) in [5.74, 6) is 0. The number of anilines is 1. The van der Waals surface area contributed by atoms with Crippen LogP contribution in [0.4, 0.5) is 11.4 Å². The Bertz CT molecular complexity index is 1000. The fourth-order valence-corrected chi connectivity index (χ4v) is 3.45. The summed E-state index contributed by atoms with van der Waals surface area (Å²) in [4.78, 5) is 11.2. The largest absolute Gasteiger partial charge is 0.274 e. The second-order valence-corrected chi connectivity index (χ2v) is 6.71. The van der Waals surface area contributed by atoms with Crippen LogP contribution in [0.1, 0.15) is 23.6 Å². The van der Waals surface area contributed by atoms with Crippen LogP contribution in [0.25, 0.3) is 0 Å². The van der Waals surface area contributed by atoms with Gasteiger partial charge in [-0.1, -0.05) is 54.1 Å². The van der Waals surface area contributed by atoms with Gasteiger partial charge in [-0.2, -0.15) is 5.10 Å². The summed E-state index contributed by atoms with van der Waals surface area (Å²) < 4.78 is 0. The van der Waals surface area contributed by atoms with Crippen LogP contribution in [0.3, 0.4) is 0 Å². The number of hydrogen-bond donors (Lipinski definition) is 0. The molecule has 1 atom stereocenters. The molecule has 0 fully saturated rings. The molecule has 6 heteroatoms. The highest BCUT2D eigenvalue weighted by atomic mass is 35.5. The minimum atomic E-state index is -0.337. The Morgan fingerprint density at radius 3 is 2.33 bits per heavy atom. The molecule has 3 aromatic rings. The van der Waals surface area contributed by atoms with Crippen LogP contribution in [0, 0.1) is 10.1 Å². The molecular formula is C21H16ClN3O2. The van der Waals surface area contributed by atoms with Crippen molar-refractivity contribution in [1.82, 2.24) is 0 Å². The van der Waals surface area contributed by atoms with Crippen molar-refractivity contribution < 1.29 is 4.92 Å². The topological polar surface area (TPSA) is 58.7 Å². The first kappa shape index (κ1) is 17.2. The minimum absolute atomic E-state index is 0.103. The minimum Gasteiger partial charge on any atom is -0.258 e. The molecule has 1 unspecified atom stereocenters. The molecule has 1 heterocycles. The van der Waals surface area contributed by atoms with Gasteiger partial charge in [-0.05, 0) is 35.9 Å². The summed E-state index contributed by atoms with van der Waals surface area (Å²) in [5.41, 5.74) is 3.50. The molecule has 1 aliphatic rings. The lowest BCUT2D eigenvalue weighted by Gasteiger charge is -2.23. The number of para-hydroxylation sites is 1. The molecule has 4 rings (SSSR count). The molecule has 0 radical (unpaired) electrons. The van der Waals surface area contributed by atoms with Gasteiger partial charge in [0, 0.05) is 17.5 Å². The van der Waals surface area contributed by atoms with Gasteiger partial charge < -0.3 is 0 Å². The highest BCUT2D eigenvalue weighted by Gasteiger charge is 2.34. The molecule has 1 aliphatic heterocycles. The van der Waals surface area contributed by atoms with E-state index in [1.165, 1.54) is 6.07 Å². The van der Waals surface area contributed by atoms with Gasteiger partial charge in [-0.3, -0.25) is 15.1 Å². The standard InChI is InChI=1S/C21H16ClN3O2/c22-16-10-12-17(13-11-16)24-21(18-8-4-5-9-20(18)25(26)27)14-19(23-24)15-6-2-1-3-7-15/h1-13,21H,14H2. The van der Waals surface area contributed by atoms with Gasteiger partial charge >= 0.3 is 0 Å². The third kappa shape index (κ3) is 3.41. The molecule has 5 nitrogen and oxygen atoms in total. The zero-order valence-electron chi connectivity index (χ0n) is 14.3. The zero-order valence-corrected chi connectivity index (χ0v) is 15.1. The quantitative estimate of drug-likeness (QED) is 0.439. The van der Waals surface area contributed by atoms with Gasteiger partial charge in [0.15, 0.2) is 0 Å². The van der Waals surface area contributed by atoms with Crippen LogP contribution in [0.15, 0.2) is 84.0 Å². The average Bonchev–Trinajstić information content (AvgIpc) is 3.14. The number of hydrogen-bond acceptors (Lipinski definition) is 4. The first-order chi connectivity index (χ1) is 13.1. The lowest BCUT2D eigenvalue weighted by Crippen LogP contribution is -2.19. The van der Waals surface area contributed by atoms with Crippen LogP contribution < -0.4 is 5.01 Å². The van der Waals surface area contributed by atoms with Crippen LogP contribution in [0.5, 0.6) is 0 Å². The van der Waals surface area contributed by atoms with Crippen LogP contribution in [-0.2, 0) is 0 Å². The molecule has 0 saturated heterocycles. The molecular weight excluding hydrogens is 362 g/mol. The van der Waals surface area contributed by atoms with Crippen LogP contribution in [0.2, 0.25) is 5.02 Å². The van der Waals surface area contributed by atoms with E-state index in [1.807, 2.05) is 53.5 Å². The van der Waals surface area contributed by atoms with Gasteiger partial charge in [0.25, 0.3) is 5.69 Å². The maximum Gasteiger partial charge on any atom is 0.274 e. The molecule has 134 valence electrons. The maximum absolute atomic E-state index is 11.5. The van der Waals surface area contributed by atoms with Crippen molar-refractivity contribution in [3.05, 3.63) is 105 Å². The summed E-state index contributed by atoms with van der Waals surface area (Å²) in [6.45, 7) is 0. The third-order valence-corrected chi connectivity index (χ3v) is 4.85. The Hall–Kier alpha value is -3.18. The first-order valence-corrected chi connectivity index (χ1v) is 8.92. The van der Waals surface area contributed by atoms with Gasteiger partial charge in [-0.15, -0.1) is 0 Å². The Morgan fingerprint density at radius 1 is 0.963 bits per heavy atom. The summed E-state index contributed by atoms with van der Waals surface area (Å²) in [7, 11) is 0. The van der Waals surface area contributed by atoms with Crippen molar-refractivity contribution in [2.45, 2.75) is 12.5 Å². The normalized spacial score (nSPS) is 16.3. The van der Waals surface area contributed by atoms with Crippen molar-refractivity contribution in [1.29, 1.82) is 0 Å². The second-order valence-electron chi connectivity index (χ2n) is 6.27. The Morgan fingerprint density at radius 2 is 1.63 bits per heavy atom. The van der Waals surface area contributed by atoms with Crippen molar-refractivity contribution in [3.8, 4) is 0 Å². The summed E-state index contributed by atoms with van der Waals surface area (Å²) >= 11 is 6.02. The number of halogens is 1. The molecule has 27 heavy (non-hydrogen) atoms.